The van der Waals surface area contributed by atoms with Crippen LogP contribution in [0, 0.1) is 19.8 Å². The minimum atomic E-state index is -0.388. The third-order valence-electron chi connectivity index (χ3n) is 5.26. The number of nitrogens with zero attached hydrogens (tertiary/aromatic N) is 2. The molecule has 1 aliphatic heterocycles. The molecule has 1 aromatic rings. The van der Waals surface area contributed by atoms with Crippen molar-refractivity contribution in [3.8, 4) is 0 Å². The van der Waals surface area contributed by atoms with E-state index in [1.54, 1.807) is 0 Å². The Morgan fingerprint density at radius 3 is 2.52 bits per heavy atom. The summed E-state index contributed by atoms with van der Waals surface area (Å²) >= 11 is 0. The summed E-state index contributed by atoms with van der Waals surface area (Å²) in [4.78, 5) is 12.4. The second kappa shape index (κ2) is 6.61. The van der Waals surface area contributed by atoms with Gasteiger partial charge < -0.3 is 14.8 Å². The minimum Gasteiger partial charge on any atom is -0.356 e. The summed E-state index contributed by atoms with van der Waals surface area (Å²) in [5, 5.41) is 7.50. The van der Waals surface area contributed by atoms with Gasteiger partial charge in [-0.3, -0.25) is 9.48 Å². The molecule has 0 bridgehead atoms. The zero-order chi connectivity index (χ0) is 16.4. The fraction of sp³-hybridized carbons (Fsp3) is 0.765. The molecular formula is C17H27N3O3. The molecule has 6 nitrogen and oxygen atoms in total. The van der Waals surface area contributed by atoms with Crippen molar-refractivity contribution in [2.24, 2.45) is 13.0 Å². The van der Waals surface area contributed by atoms with Crippen LogP contribution in [0.1, 0.15) is 42.6 Å². The zero-order valence-corrected chi connectivity index (χ0v) is 14.4. The van der Waals surface area contributed by atoms with E-state index in [2.05, 4.69) is 17.3 Å². The van der Waals surface area contributed by atoms with Gasteiger partial charge in [0.2, 0.25) is 5.91 Å². The number of nitrogens with one attached hydrogen (secondary N) is 1. The molecular weight excluding hydrogens is 294 g/mol. The lowest BCUT2D eigenvalue weighted by atomic mass is 9.84. The van der Waals surface area contributed by atoms with Crippen LogP contribution in [0.2, 0.25) is 0 Å². The molecule has 1 amide bonds. The van der Waals surface area contributed by atoms with Crippen molar-refractivity contribution in [1.82, 2.24) is 15.1 Å². The zero-order valence-electron chi connectivity index (χ0n) is 14.4. The van der Waals surface area contributed by atoms with E-state index in [9.17, 15) is 4.79 Å². The van der Waals surface area contributed by atoms with Crippen molar-refractivity contribution in [2.75, 3.05) is 19.8 Å². The SMILES string of the molecule is Cc1nn(C)c(C)c1CCNC(=O)C1CCC2(CC1)OCCO2. The Kier molecular flexibility index (Phi) is 4.73. The Balaban J connectivity index is 1.45. The largest absolute Gasteiger partial charge is 0.356 e. The van der Waals surface area contributed by atoms with Crippen molar-refractivity contribution in [3.63, 3.8) is 0 Å². The number of aromatic nitrogens is 2. The Morgan fingerprint density at radius 1 is 1.30 bits per heavy atom. The maximum absolute atomic E-state index is 12.4. The second-order valence-electron chi connectivity index (χ2n) is 6.70. The minimum absolute atomic E-state index is 0.0875. The highest BCUT2D eigenvalue weighted by Gasteiger charge is 2.41. The number of hydrogen-bond donors (Lipinski definition) is 1. The number of aryl methyl sites for hydroxylation is 2. The first-order valence-electron chi connectivity index (χ1n) is 8.55. The Labute approximate surface area is 137 Å². The quantitative estimate of drug-likeness (QED) is 0.915. The Hall–Kier alpha value is -1.40. The van der Waals surface area contributed by atoms with Crippen molar-refractivity contribution < 1.29 is 14.3 Å². The van der Waals surface area contributed by atoms with Gasteiger partial charge in [0.25, 0.3) is 0 Å². The molecule has 3 rings (SSSR count). The van der Waals surface area contributed by atoms with Crippen molar-refractivity contribution in [1.29, 1.82) is 0 Å². The molecule has 2 heterocycles. The third kappa shape index (κ3) is 3.43. The molecule has 23 heavy (non-hydrogen) atoms. The van der Waals surface area contributed by atoms with Gasteiger partial charge >= 0.3 is 0 Å². The van der Waals surface area contributed by atoms with E-state index in [-0.39, 0.29) is 17.6 Å². The number of carbonyl (C=O) groups excluding carboxylic acids is 1. The van der Waals surface area contributed by atoms with Crippen LogP contribution in [0.3, 0.4) is 0 Å². The van der Waals surface area contributed by atoms with E-state index < -0.39 is 0 Å². The number of carbonyl (C=O) groups is 1. The lowest BCUT2D eigenvalue weighted by Crippen LogP contribution is -2.40. The predicted octanol–water partition coefficient (Wildman–Crippen LogP) is 1.63. The fourth-order valence-corrected chi connectivity index (χ4v) is 3.74. The topological polar surface area (TPSA) is 65.4 Å². The van der Waals surface area contributed by atoms with E-state index in [4.69, 9.17) is 9.47 Å². The summed E-state index contributed by atoms with van der Waals surface area (Å²) < 4.78 is 13.3. The Morgan fingerprint density at radius 2 is 1.96 bits per heavy atom. The first kappa shape index (κ1) is 16.5. The van der Waals surface area contributed by atoms with Crippen molar-refractivity contribution in [3.05, 3.63) is 17.0 Å². The molecule has 1 spiro atoms. The predicted molar refractivity (Wildman–Crippen MR) is 86.0 cm³/mol. The van der Waals surface area contributed by atoms with Gasteiger partial charge in [0.1, 0.15) is 0 Å². The number of amides is 1. The van der Waals surface area contributed by atoms with Gasteiger partial charge in [-0.2, -0.15) is 5.10 Å². The van der Waals surface area contributed by atoms with Crippen LogP contribution in [0.5, 0.6) is 0 Å². The summed E-state index contributed by atoms with van der Waals surface area (Å²) in [6, 6.07) is 0. The average molecular weight is 321 g/mol. The molecule has 2 aliphatic rings. The monoisotopic (exact) mass is 321 g/mol. The van der Waals surface area contributed by atoms with Gasteiger partial charge in [-0.05, 0) is 38.7 Å². The first-order chi connectivity index (χ1) is 11.0. The number of hydrogen-bond acceptors (Lipinski definition) is 4. The summed E-state index contributed by atoms with van der Waals surface area (Å²) in [7, 11) is 1.95. The maximum atomic E-state index is 12.4. The smallest absolute Gasteiger partial charge is 0.223 e. The van der Waals surface area contributed by atoms with Gasteiger partial charge in [-0.1, -0.05) is 0 Å². The lowest BCUT2D eigenvalue weighted by molar-refractivity contribution is -0.183. The van der Waals surface area contributed by atoms with E-state index in [1.165, 1.54) is 11.3 Å². The number of rotatable bonds is 4. The number of ether oxygens (including phenoxy) is 2. The molecule has 1 N–H and O–H groups in total. The molecule has 1 saturated heterocycles. The molecule has 6 heteroatoms. The molecule has 0 aromatic carbocycles. The summed E-state index contributed by atoms with van der Waals surface area (Å²) in [6.07, 6.45) is 4.17. The average Bonchev–Trinajstić information content (AvgIpc) is 3.08. The summed E-state index contributed by atoms with van der Waals surface area (Å²) in [6.45, 7) is 6.12. The molecule has 1 saturated carbocycles. The third-order valence-corrected chi connectivity index (χ3v) is 5.26. The molecule has 0 atom stereocenters. The highest BCUT2D eigenvalue weighted by atomic mass is 16.7. The molecule has 1 aromatic heterocycles. The molecule has 0 radical (unpaired) electrons. The second-order valence-corrected chi connectivity index (χ2v) is 6.70. The van der Waals surface area contributed by atoms with Crippen LogP contribution in [0.4, 0.5) is 0 Å². The van der Waals surface area contributed by atoms with Crippen LogP contribution in [0.15, 0.2) is 0 Å². The van der Waals surface area contributed by atoms with Gasteiger partial charge in [0.05, 0.1) is 18.9 Å². The van der Waals surface area contributed by atoms with Gasteiger partial charge in [-0.25, -0.2) is 0 Å². The lowest BCUT2D eigenvalue weighted by Gasteiger charge is -2.34. The van der Waals surface area contributed by atoms with Crippen LogP contribution in [-0.4, -0.2) is 41.2 Å². The van der Waals surface area contributed by atoms with Gasteiger partial charge in [0, 0.05) is 38.0 Å². The van der Waals surface area contributed by atoms with Crippen LogP contribution in [-0.2, 0) is 27.7 Å². The van der Waals surface area contributed by atoms with Crippen LogP contribution < -0.4 is 5.32 Å². The summed E-state index contributed by atoms with van der Waals surface area (Å²) in [5.74, 6) is -0.137. The van der Waals surface area contributed by atoms with E-state index >= 15 is 0 Å². The van der Waals surface area contributed by atoms with E-state index in [1.807, 2.05) is 18.7 Å². The van der Waals surface area contributed by atoms with E-state index in [0.29, 0.717) is 19.8 Å². The van der Waals surface area contributed by atoms with Gasteiger partial charge in [0.15, 0.2) is 5.79 Å². The fourth-order valence-electron chi connectivity index (χ4n) is 3.74. The maximum Gasteiger partial charge on any atom is 0.223 e. The summed E-state index contributed by atoms with van der Waals surface area (Å²) in [5.41, 5.74) is 3.46. The van der Waals surface area contributed by atoms with Gasteiger partial charge in [-0.15, -0.1) is 0 Å². The van der Waals surface area contributed by atoms with Crippen LogP contribution >= 0.6 is 0 Å². The molecule has 128 valence electrons. The van der Waals surface area contributed by atoms with Crippen LogP contribution in [0.25, 0.3) is 0 Å². The molecule has 2 fully saturated rings. The first-order valence-corrected chi connectivity index (χ1v) is 8.55. The normalized spacial score (nSPS) is 21.0. The highest BCUT2D eigenvalue weighted by molar-refractivity contribution is 5.78. The molecule has 1 aliphatic carbocycles. The van der Waals surface area contributed by atoms with Crippen molar-refractivity contribution >= 4 is 5.91 Å². The highest BCUT2D eigenvalue weighted by Crippen LogP contribution is 2.38. The Bertz CT molecular complexity index is 566. The van der Waals surface area contributed by atoms with E-state index in [0.717, 1.165) is 37.8 Å². The van der Waals surface area contributed by atoms with Crippen molar-refractivity contribution in [2.45, 2.75) is 51.7 Å². The molecule has 0 unspecified atom stereocenters. The standard InChI is InChI=1S/C17H27N3O3/c1-12-15(13(2)20(3)19-12)6-9-18-16(21)14-4-7-17(8-5-14)22-10-11-23-17/h14H,4-11H2,1-3H3,(H,18,21).